The van der Waals surface area contributed by atoms with Gasteiger partial charge in [0, 0.05) is 20.0 Å². The number of hydrogen-bond donors (Lipinski definition) is 1. The maximum atomic E-state index is 11.6. The average molecular weight is 371 g/mol. The van der Waals surface area contributed by atoms with E-state index in [2.05, 4.69) is 18.7 Å². The van der Waals surface area contributed by atoms with E-state index in [0.717, 1.165) is 25.1 Å². The molecule has 1 aromatic rings. The van der Waals surface area contributed by atoms with E-state index in [1.165, 1.54) is 43.3 Å². The molecular weight excluding hydrogens is 336 g/mol. The van der Waals surface area contributed by atoms with Gasteiger partial charge in [0.05, 0.1) is 11.9 Å². The van der Waals surface area contributed by atoms with Crippen LogP contribution in [0.1, 0.15) is 51.5 Å². The van der Waals surface area contributed by atoms with Crippen LogP contribution in [-0.2, 0) is 16.4 Å². The summed E-state index contributed by atoms with van der Waals surface area (Å²) < 4.78 is 24.4. The SMILES string of the molecule is CCCCCCCN(CC)C(O)Cc1ccc(N(C)S(C)(=O)=O)cc1. The van der Waals surface area contributed by atoms with Crippen molar-refractivity contribution in [2.75, 3.05) is 30.7 Å². The summed E-state index contributed by atoms with van der Waals surface area (Å²) >= 11 is 0. The van der Waals surface area contributed by atoms with Gasteiger partial charge in [0.1, 0.15) is 6.23 Å². The maximum Gasteiger partial charge on any atom is 0.231 e. The third-order valence-corrected chi connectivity index (χ3v) is 5.80. The molecular formula is C19H34N2O3S. The number of aliphatic hydroxyl groups is 1. The van der Waals surface area contributed by atoms with Crippen molar-refractivity contribution in [3.05, 3.63) is 29.8 Å². The summed E-state index contributed by atoms with van der Waals surface area (Å²) in [5.41, 5.74) is 1.63. The quantitative estimate of drug-likeness (QED) is 0.453. The summed E-state index contributed by atoms with van der Waals surface area (Å²) in [6.07, 6.45) is 7.34. The number of likely N-dealkylation sites (N-methyl/N-ethyl adjacent to an activating group) is 1. The molecule has 0 fully saturated rings. The zero-order chi connectivity index (χ0) is 18.9. The third-order valence-electron chi connectivity index (χ3n) is 4.59. The summed E-state index contributed by atoms with van der Waals surface area (Å²) in [5.74, 6) is 0. The summed E-state index contributed by atoms with van der Waals surface area (Å²) in [4.78, 5) is 2.10. The van der Waals surface area contributed by atoms with Gasteiger partial charge in [-0.25, -0.2) is 8.42 Å². The maximum absolute atomic E-state index is 11.6. The summed E-state index contributed by atoms with van der Waals surface area (Å²) in [6.45, 7) is 6.01. The van der Waals surface area contributed by atoms with Crippen molar-refractivity contribution in [1.29, 1.82) is 0 Å². The number of hydrogen-bond acceptors (Lipinski definition) is 4. The van der Waals surface area contributed by atoms with Gasteiger partial charge >= 0.3 is 0 Å². The van der Waals surface area contributed by atoms with Crippen LogP contribution >= 0.6 is 0 Å². The van der Waals surface area contributed by atoms with Crippen molar-refractivity contribution in [2.24, 2.45) is 0 Å². The lowest BCUT2D eigenvalue weighted by molar-refractivity contribution is 0.00678. The number of anilines is 1. The number of aliphatic hydroxyl groups excluding tert-OH is 1. The first-order valence-corrected chi connectivity index (χ1v) is 11.1. The highest BCUT2D eigenvalue weighted by Crippen LogP contribution is 2.18. The standard InChI is InChI=1S/C19H34N2O3S/c1-5-7-8-9-10-15-21(6-2)19(22)16-17-11-13-18(14-12-17)20(3)25(4,23)24/h11-14,19,22H,5-10,15-16H2,1-4H3. The molecule has 0 aromatic heterocycles. The number of benzene rings is 1. The molecule has 0 aliphatic rings. The van der Waals surface area contributed by atoms with E-state index in [-0.39, 0.29) is 0 Å². The first-order valence-electron chi connectivity index (χ1n) is 9.24. The van der Waals surface area contributed by atoms with Crippen molar-refractivity contribution in [1.82, 2.24) is 4.90 Å². The van der Waals surface area contributed by atoms with Crippen LogP contribution < -0.4 is 4.31 Å². The third kappa shape index (κ3) is 7.75. The molecule has 0 aliphatic heterocycles. The second-order valence-electron chi connectivity index (χ2n) is 6.62. The van der Waals surface area contributed by atoms with E-state index < -0.39 is 16.3 Å². The highest BCUT2D eigenvalue weighted by Gasteiger charge is 2.15. The van der Waals surface area contributed by atoms with Crippen LogP contribution in [0.2, 0.25) is 0 Å². The predicted molar refractivity (Wildman–Crippen MR) is 105 cm³/mol. The van der Waals surface area contributed by atoms with Crippen LogP contribution in [0, 0.1) is 0 Å². The minimum Gasteiger partial charge on any atom is -0.378 e. The van der Waals surface area contributed by atoms with Gasteiger partial charge in [-0.05, 0) is 30.7 Å². The zero-order valence-corrected chi connectivity index (χ0v) is 16.9. The Labute approximate surface area is 153 Å². The van der Waals surface area contributed by atoms with Gasteiger partial charge in [-0.3, -0.25) is 9.21 Å². The molecule has 1 unspecified atom stereocenters. The lowest BCUT2D eigenvalue weighted by Gasteiger charge is -2.27. The minimum absolute atomic E-state index is 0.505. The van der Waals surface area contributed by atoms with Crippen molar-refractivity contribution in [3.63, 3.8) is 0 Å². The highest BCUT2D eigenvalue weighted by molar-refractivity contribution is 7.92. The molecule has 1 atom stereocenters. The van der Waals surface area contributed by atoms with Gasteiger partial charge in [0.15, 0.2) is 0 Å². The van der Waals surface area contributed by atoms with Gasteiger partial charge in [0.25, 0.3) is 0 Å². The second-order valence-corrected chi connectivity index (χ2v) is 8.64. The minimum atomic E-state index is -3.25. The number of rotatable bonds is 12. The molecule has 25 heavy (non-hydrogen) atoms. The van der Waals surface area contributed by atoms with E-state index in [1.54, 1.807) is 12.1 Å². The van der Waals surface area contributed by atoms with Crippen LogP contribution in [0.5, 0.6) is 0 Å². The molecule has 0 saturated carbocycles. The van der Waals surface area contributed by atoms with Gasteiger partial charge in [-0.2, -0.15) is 0 Å². The van der Waals surface area contributed by atoms with Crippen molar-refractivity contribution in [2.45, 2.75) is 58.6 Å². The molecule has 5 nitrogen and oxygen atoms in total. The Morgan fingerprint density at radius 2 is 1.64 bits per heavy atom. The molecule has 6 heteroatoms. The van der Waals surface area contributed by atoms with E-state index in [9.17, 15) is 13.5 Å². The Kier molecular flexibility index (Phi) is 9.46. The number of unbranched alkanes of at least 4 members (excludes halogenated alkanes) is 4. The normalized spacial score (nSPS) is 13.2. The van der Waals surface area contributed by atoms with Crippen molar-refractivity contribution in [3.8, 4) is 0 Å². The van der Waals surface area contributed by atoms with Gasteiger partial charge in [-0.15, -0.1) is 0 Å². The molecule has 0 aliphatic carbocycles. The molecule has 0 heterocycles. The predicted octanol–water partition coefficient (Wildman–Crippen LogP) is 3.24. The highest BCUT2D eigenvalue weighted by atomic mass is 32.2. The summed E-state index contributed by atoms with van der Waals surface area (Å²) in [5, 5.41) is 10.5. The molecule has 1 rings (SSSR count). The van der Waals surface area contributed by atoms with Crippen LogP contribution in [0.25, 0.3) is 0 Å². The summed E-state index contributed by atoms with van der Waals surface area (Å²) in [7, 11) is -1.71. The molecule has 0 bridgehead atoms. The first kappa shape index (κ1) is 21.9. The lowest BCUT2D eigenvalue weighted by atomic mass is 10.1. The molecule has 0 spiro atoms. The van der Waals surface area contributed by atoms with Gasteiger partial charge in [0.2, 0.25) is 10.0 Å². The van der Waals surface area contributed by atoms with E-state index >= 15 is 0 Å². The van der Waals surface area contributed by atoms with Crippen molar-refractivity contribution >= 4 is 15.7 Å². The second kappa shape index (κ2) is 10.8. The largest absolute Gasteiger partial charge is 0.378 e. The molecule has 1 N–H and O–H groups in total. The Morgan fingerprint density at radius 1 is 1.04 bits per heavy atom. The number of sulfonamides is 1. The van der Waals surface area contributed by atoms with E-state index in [0.29, 0.717) is 12.1 Å². The molecule has 0 amide bonds. The van der Waals surface area contributed by atoms with Gasteiger partial charge in [-0.1, -0.05) is 51.7 Å². The summed E-state index contributed by atoms with van der Waals surface area (Å²) in [6, 6.07) is 7.33. The fourth-order valence-electron chi connectivity index (χ4n) is 2.81. The van der Waals surface area contributed by atoms with Crippen LogP contribution in [-0.4, -0.2) is 51.0 Å². The Balaban J connectivity index is 2.55. The Morgan fingerprint density at radius 3 is 2.16 bits per heavy atom. The van der Waals surface area contributed by atoms with Crippen molar-refractivity contribution < 1.29 is 13.5 Å². The molecule has 0 saturated heterocycles. The van der Waals surface area contributed by atoms with Crippen LogP contribution in [0.3, 0.4) is 0 Å². The van der Waals surface area contributed by atoms with Crippen LogP contribution in [0.4, 0.5) is 5.69 Å². The topological polar surface area (TPSA) is 60.9 Å². The van der Waals surface area contributed by atoms with E-state index in [1.807, 2.05) is 12.1 Å². The average Bonchev–Trinajstić information content (AvgIpc) is 2.57. The Bertz CT molecular complexity index is 587. The van der Waals surface area contributed by atoms with Gasteiger partial charge < -0.3 is 5.11 Å². The first-order chi connectivity index (χ1) is 11.8. The fourth-order valence-corrected chi connectivity index (χ4v) is 3.31. The molecule has 0 radical (unpaired) electrons. The fraction of sp³-hybridized carbons (Fsp3) is 0.684. The molecule has 144 valence electrons. The lowest BCUT2D eigenvalue weighted by Crippen LogP contribution is -2.37. The smallest absolute Gasteiger partial charge is 0.231 e. The number of nitrogens with zero attached hydrogens (tertiary/aromatic N) is 2. The zero-order valence-electron chi connectivity index (χ0n) is 16.1. The monoisotopic (exact) mass is 370 g/mol. The Hall–Kier alpha value is -1.11. The van der Waals surface area contributed by atoms with Crippen LogP contribution in [0.15, 0.2) is 24.3 Å². The molecule has 1 aromatic carbocycles. The van der Waals surface area contributed by atoms with E-state index in [4.69, 9.17) is 0 Å².